The van der Waals surface area contributed by atoms with Gasteiger partial charge in [-0.1, -0.05) is 0 Å². The normalized spacial score (nSPS) is 17.7. The third-order valence-electron chi connectivity index (χ3n) is 5.55. The SMILES string of the molecule is CCN(CCN(OC)C(=O)C1CC1)c1c(F)cc(N2C[C@H](CNC(=O)C(F)F)OC2=O)cc1F. The van der Waals surface area contributed by atoms with Gasteiger partial charge >= 0.3 is 12.5 Å². The lowest BCUT2D eigenvalue weighted by Crippen LogP contribution is -2.39. The quantitative estimate of drug-likeness (QED) is 0.378. The molecule has 0 radical (unpaired) electrons. The highest BCUT2D eigenvalue weighted by Crippen LogP contribution is 2.32. The summed E-state index contributed by atoms with van der Waals surface area (Å²) in [5.74, 6) is -3.62. The van der Waals surface area contributed by atoms with Crippen LogP contribution < -0.4 is 15.1 Å². The molecule has 1 N–H and O–H groups in total. The van der Waals surface area contributed by atoms with Crippen LogP contribution in [-0.2, 0) is 19.2 Å². The Balaban J connectivity index is 1.67. The van der Waals surface area contributed by atoms with E-state index in [0.717, 1.165) is 29.9 Å². The molecule has 3 rings (SSSR count). The Bertz CT molecular complexity index is 907. The van der Waals surface area contributed by atoms with Crippen LogP contribution in [0, 0.1) is 17.6 Å². The number of rotatable bonds is 11. The molecule has 1 aliphatic carbocycles. The first-order valence-electron chi connectivity index (χ1n) is 10.8. The van der Waals surface area contributed by atoms with Gasteiger partial charge in [0.15, 0.2) is 11.6 Å². The molecule has 1 atom stereocenters. The van der Waals surface area contributed by atoms with Crippen LogP contribution in [0.4, 0.5) is 33.7 Å². The molecule has 13 heteroatoms. The molecule has 1 aliphatic heterocycles. The number of alkyl halides is 2. The predicted molar refractivity (Wildman–Crippen MR) is 112 cm³/mol. The van der Waals surface area contributed by atoms with Crippen molar-refractivity contribution in [2.45, 2.75) is 32.3 Å². The largest absolute Gasteiger partial charge is 0.442 e. The van der Waals surface area contributed by atoms with Crippen molar-refractivity contribution in [2.75, 3.05) is 49.6 Å². The standard InChI is InChI=1S/C21H26F4N4O5/c1-3-27(6-7-29(33-2)20(31)12-4-5-12)17-15(22)8-13(9-16(17)23)28-11-14(34-21(28)32)10-26-19(30)18(24)25/h8-9,12,14,18H,3-7,10-11H2,1-2H3,(H,26,30)/t14-/m0/s1. The minimum absolute atomic E-state index is 0.0736. The van der Waals surface area contributed by atoms with E-state index in [-0.39, 0.29) is 55.9 Å². The molecule has 1 saturated heterocycles. The van der Waals surface area contributed by atoms with Crippen LogP contribution in [0.3, 0.4) is 0 Å². The zero-order valence-corrected chi connectivity index (χ0v) is 18.7. The van der Waals surface area contributed by atoms with Gasteiger partial charge in [0.25, 0.3) is 5.91 Å². The summed E-state index contributed by atoms with van der Waals surface area (Å²) in [6.07, 6.45) is -3.52. The number of likely N-dealkylation sites (N-methyl/N-ethyl adjacent to an activating group) is 1. The lowest BCUT2D eigenvalue weighted by Gasteiger charge is -2.28. The molecule has 2 fully saturated rings. The van der Waals surface area contributed by atoms with Gasteiger partial charge in [-0.05, 0) is 19.8 Å². The molecular weight excluding hydrogens is 464 g/mol. The number of hydroxylamine groups is 2. The van der Waals surface area contributed by atoms with E-state index in [4.69, 9.17) is 9.57 Å². The number of anilines is 2. The Kier molecular flexibility index (Phi) is 8.18. The van der Waals surface area contributed by atoms with Crippen LogP contribution >= 0.6 is 0 Å². The number of hydrogen-bond acceptors (Lipinski definition) is 6. The molecule has 0 bridgehead atoms. The molecule has 1 heterocycles. The van der Waals surface area contributed by atoms with Crippen molar-refractivity contribution >= 4 is 29.3 Å². The highest BCUT2D eigenvalue weighted by atomic mass is 19.3. The number of nitrogens with one attached hydrogen (secondary N) is 1. The number of ether oxygens (including phenoxy) is 1. The van der Waals surface area contributed by atoms with Gasteiger partial charge in [-0.2, -0.15) is 8.78 Å². The predicted octanol–water partition coefficient (Wildman–Crippen LogP) is 2.30. The van der Waals surface area contributed by atoms with Gasteiger partial charge in [-0.15, -0.1) is 0 Å². The first-order chi connectivity index (χ1) is 16.2. The average molecular weight is 490 g/mol. The molecular formula is C21H26F4N4O5. The smallest absolute Gasteiger partial charge is 0.414 e. The van der Waals surface area contributed by atoms with Crippen LogP contribution in [0.15, 0.2) is 12.1 Å². The van der Waals surface area contributed by atoms with Crippen molar-refractivity contribution in [3.63, 3.8) is 0 Å². The van der Waals surface area contributed by atoms with Gasteiger partial charge in [0.05, 0.1) is 32.4 Å². The molecule has 0 unspecified atom stereocenters. The number of halogens is 4. The number of carbonyl (C=O) groups is 3. The fraction of sp³-hybridized carbons (Fsp3) is 0.571. The third-order valence-corrected chi connectivity index (χ3v) is 5.55. The van der Waals surface area contributed by atoms with E-state index >= 15 is 0 Å². The Labute approximate surface area is 193 Å². The minimum atomic E-state index is -3.21. The first-order valence-corrected chi connectivity index (χ1v) is 10.8. The summed E-state index contributed by atoms with van der Waals surface area (Å²) >= 11 is 0. The third kappa shape index (κ3) is 5.88. The Morgan fingerprint density at radius 2 is 1.88 bits per heavy atom. The van der Waals surface area contributed by atoms with Gasteiger partial charge in [-0.3, -0.25) is 19.3 Å². The van der Waals surface area contributed by atoms with E-state index in [9.17, 15) is 31.9 Å². The first kappa shape index (κ1) is 25.5. The van der Waals surface area contributed by atoms with Crippen molar-refractivity contribution in [1.82, 2.24) is 10.4 Å². The van der Waals surface area contributed by atoms with Crippen LogP contribution in [0.5, 0.6) is 0 Å². The summed E-state index contributed by atoms with van der Waals surface area (Å²) in [6, 6.07) is 1.93. The van der Waals surface area contributed by atoms with Gasteiger partial charge in [0, 0.05) is 31.1 Å². The monoisotopic (exact) mass is 490 g/mol. The summed E-state index contributed by atoms with van der Waals surface area (Å²) in [5.41, 5.74) is -0.445. The van der Waals surface area contributed by atoms with Gasteiger partial charge in [0.1, 0.15) is 11.8 Å². The second-order valence-corrected chi connectivity index (χ2v) is 7.90. The van der Waals surface area contributed by atoms with Crippen molar-refractivity contribution in [3.05, 3.63) is 23.8 Å². The summed E-state index contributed by atoms with van der Waals surface area (Å²) < 4.78 is 59.5. The molecule has 3 amide bonds. The highest BCUT2D eigenvalue weighted by molar-refractivity contribution is 5.90. The zero-order chi connectivity index (χ0) is 25.0. The van der Waals surface area contributed by atoms with Crippen LogP contribution in [0.1, 0.15) is 19.8 Å². The number of carbonyl (C=O) groups excluding carboxylic acids is 3. The maximum Gasteiger partial charge on any atom is 0.414 e. The van der Waals surface area contributed by atoms with Crippen molar-refractivity contribution in [2.24, 2.45) is 5.92 Å². The summed E-state index contributed by atoms with van der Waals surface area (Å²) in [7, 11) is 1.36. The number of benzene rings is 1. The zero-order valence-electron chi connectivity index (χ0n) is 18.7. The van der Waals surface area contributed by atoms with Crippen LogP contribution in [0.25, 0.3) is 0 Å². The van der Waals surface area contributed by atoms with Crippen molar-refractivity contribution in [1.29, 1.82) is 0 Å². The summed E-state index contributed by atoms with van der Waals surface area (Å²) in [6.45, 7) is 1.58. The van der Waals surface area contributed by atoms with Crippen molar-refractivity contribution < 1.29 is 41.5 Å². The number of cyclic esters (lactones) is 1. The molecule has 1 aromatic carbocycles. The Hall–Kier alpha value is -3.09. The molecule has 0 aromatic heterocycles. The lowest BCUT2D eigenvalue weighted by atomic mass is 10.2. The maximum atomic E-state index is 15.0. The fourth-order valence-corrected chi connectivity index (χ4v) is 3.61. The Morgan fingerprint density at radius 3 is 2.41 bits per heavy atom. The fourth-order valence-electron chi connectivity index (χ4n) is 3.61. The molecule has 188 valence electrons. The molecule has 0 spiro atoms. The summed E-state index contributed by atoms with van der Waals surface area (Å²) in [5, 5.41) is 3.11. The van der Waals surface area contributed by atoms with Gasteiger partial charge in [0.2, 0.25) is 5.91 Å². The van der Waals surface area contributed by atoms with E-state index in [1.807, 2.05) is 5.32 Å². The van der Waals surface area contributed by atoms with E-state index in [1.54, 1.807) is 6.92 Å². The Morgan fingerprint density at radius 1 is 1.24 bits per heavy atom. The average Bonchev–Trinajstić information content (AvgIpc) is 3.57. The minimum Gasteiger partial charge on any atom is -0.442 e. The number of hydrogen-bond donors (Lipinski definition) is 1. The molecule has 34 heavy (non-hydrogen) atoms. The maximum absolute atomic E-state index is 15.0. The van der Waals surface area contributed by atoms with E-state index in [2.05, 4.69) is 0 Å². The molecule has 1 saturated carbocycles. The topological polar surface area (TPSA) is 91.4 Å². The van der Waals surface area contributed by atoms with Gasteiger partial charge in [-0.25, -0.2) is 18.6 Å². The second kappa shape index (κ2) is 10.9. The lowest BCUT2D eigenvalue weighted by molar-refractivity contribution is -0.176. The number of nitrogens with zero attached hydrogens (tertiary/aromatic N) is 3. The molecule has 2 aliphatic rings. The molecule has 9 nitrogen and oxygen atoms in total. The number of amides is 3. The van der Waals surface area contributed by atoms with E-state index in [0.29, 0.717) is 0 Å². The van der Waals surface area contributed by atoms with Crippen LogP contribution in [0.2, 0.25) is 0 Å². The van der Waals surface area contributed by atoms with E-state index in [1.165, 1.54) is 17.1 Å². The second-order valence-electron chi connectivity index (χ2n) is 7.90. The molecule has 1 aromatic rings. The highest BCUT2D eigenvalue weighted by Gasteiger charge is 2.35. The van der Waals surface area contributed by atoms with Crippen LogP contribution in [-0.4, -0.2) is 75.3 Å². The summed E-state index contributed by atoms with van der Waals surface area (Å²) in [4.78, 5) is 42.8. The van der Waals surface area contributed by atoms with Gasteiger partial charge < -0.3 is 15.0 Å². The van der Waals surface area contributed by atoms with E-state index < -0.39 is 36.2 Å². The van der Waals surface area contributed by atoms with Crippen molar-refractivity contribution in [3.8, 4) is 0 Å².